The molecule has 3 atom stereocenters. The van der Waals surface area contributed by atoms with Gasteiger partial charge in [0.2, 0.25) is 0 Å². The molecule has 3 nitrogen and oxygen atoms in total. The number of nitrogens with two attached hydrogens (primary N) is 1. The fraction of sp³-hybridized carbons (Fsp3) is 1.00. The minimum absolute atomic E-state index is 0.183. The number of hydrogen-bond donors (Lipinski definition) is 1. The lowest BCUT2D eigenvalue weighted by molar-refractivity contribution is -0.113. The van der Waals surface area contributed by atoms with Gasteiger partial charge in [0.25, 0.3) is 0 Å². The van der Waals surface area contributed by atoms with Gasteiger partial charge in [-0.3, -0.25) is 4.90 Å². The van der Waals surface area contributed by atoms with Gasteiger partial charge in [-0.2, -0.15) is 0 Å². The third-order valence-electron chi connectivity index (χ3n) is 5.14. The quantitative estimate of drug-likeness (QED) is 0.855. The average molecular weight is 268 g/mol. The topological polar surface area (TPSA) is 38.5 Å². The third kappa shape index (κ3) is 3.32. The summed E-state index contributed by atoms with van der Waals surface area (Å²) in [6.07, 6.45) is 9.59. The van der Waals surface area contributed by atoms with Crippen molar-refractivity contribution in [2.45, 2.75) is 89.5 Å². The second kappa shape index (κ2) is 6.55. The Morgan fingerprint density at radius 3 is 2.42 bits per heavy atom. The molecule has 2 aliphatic rings. The van der Waals surface area contributed by atoms with Crippen LogP contribution in [0.25, 0.3) is 0 Å². The van der Waals surface area contributed by atoms with Crippen LogP contribution in [0.15, 0.2) is 0 Å². The van der Waals surface area contributed by atoms with Crippen LogP contribution in [0.1, 0.15) is 65.7 Å². The highest BCUT2D eigenvalue weighted by Crippen LogP contribution is 2.37. The number of hydrogen-bond acceptors (Lipinski definition) is 3. The van der Waals surface area contributed by atoms with Gasteiger partial charge in [0.15, 0.2) is 0 Å². The summed E-state index contributed by atoms with van der Waals surface area (Å²) in [6, 6.07) is 0.726. The molecule has 0 aromatic heterocycles. The van der Waals surface area contributed by atoms with E-state index in [1.807, 2.05) is 0 Å². The number of ether oxygens (including phenoxy) is 1. The van der Waals surface area contributed by atoms with Gasteiger partial charge >= 0.3 is 0 Å². The van der Waals surface area contributed by atoms with E-state index in [0.29, 0.717) is 12.2 Å². The molecule has 3 heteroatoms. The van der Waals surface area contributed by atoms with Crippen molar-refractivity contribution in [3.8, 4) is 0 Å². The van der Waals surface area contributed by atoms with Crippen molar-refractivity contribution < 1.29 is 4.74 Å². The molecule has 0 amide bonds. The lowest BCUT2D eigenvalue weighted by Crippen LogP contribution is -2.62. The largest absolute Gasteiger partial charge is 0.375 e. The molecule has 2 saturated heterocycles. The number of rotatable bonds is 3. The lowest BCUT2D eigenvalue weighted by atomic mass is 9.81. The molecule has 2 fully saturated rings. The summed E-state index contributed by atoms with van der Waals surface area (Å²) in [7, 11) is 0. The zero-order chi connectivity index (χ0) is 13.9. The Balaban J connectivity index is 2.21. The van der Waals surface area contributed by atoms with Crippen LogP contribution in [-0.4, -0.2) is 41.8 Å². The van der Waals surface area contributed by atoms with E-state index in [0.717, 1.165) is 25.4 Å². The van der Waals surface area contributed by atoms with Crippen molar-refractivity contribution in [1.29, 1.82) is 0 Å². The molecule has 0 bridgehead atoms. The van der Waals surface area contributed by atoms with Crippen LogP contribution in [0.4, 0.5) is 0 Å². The lowest BCUT2D eigenvalue weighted by Gasteiger charge is -2.52. The second-order valence-corrected chi connectivity index (χ2v) is 6.70. The fourth-order valence-corrected chi connectivity index (χ4v) is 4.39. The summed E-state index contributed by atoms with van der Waals surface area (Å²) < 4.78 is 5.95. The van der Waals surface area contributed by atoms with Crippen LogP contribution in [0.3, 0.4) is 0 Å². The van der Waals surface area contributed by atoms with Gasteiger partial charge < -0.3 is 10.5 Å². The molecule has 19 heavy (non-hydrogen) atoms. The Morgan fingerprint density at radius 1 is 1.16 bits per heavy atom. The van der Waals surface area contributed by atoms with Gasteiger partial charge in [0.05, 0.1) is 12.2 Å². The zero-order valence-electron chi connectivity index (χ0n) is 13.0. The Kier molecular flexibility index (Phi) is 5.27. The van der Waals surface area contributed by atoms with Crippen LogP contribution >= 0.6 is 0 Å². The number of nitrogens with zero attached hydrogens (tertiary/aromatic N) is 1. The van der Waals surface area contributed by atoms with E-state index < -0.39 is 0 Å². The molecule has 0 saturated carbocycles. The van der Waals surface area contributed by atoms with Crippen LogP contribution in [-0.2, 0) is 4.74 Å². The molecule has 0 spiro atoms. The van der Waals surface area contributed by atoms with Gasteiger partial charge in [-0.25, -0.2) is 0 Å². The Bertz CT molecular complexity index is 272. The van der Waals surface area contributed by atoms with Gasteiger partial charge in [-0.15, -0.1) is 0 Å². The highest BCUT2D eigenvalue weighted by molar-refractivity contribution is 5.00. The highest BCUT2D eigenvalue weighted by atomic mass is 16.5. The third-order valence-corrected chi connectivity index (χ3v) is 5.14. The van der Waals surface area contributed by atoms with Crippen LogP contribution in [0.5, 0.6) is 0 Å². The van der Waals surface area contributed by atoms with Crippen molar-refractivity contribution in [2.24, 2.45) is 5.73 Å². The predicted molar refractivity (Wildman–Crippen MR) is 80.3 cm³/mol. The maximum Gasteiger partial charge on any atom is 0.0568 e. The van der Waals surface area contributed by atoms with E-state index in [1.54, 1.807) is 0 Å². The molecule has 112 valence electrons. The molecule has 0 aliphatic carbocycles. The minimum atomic E-state index is 0.183. The van der Waals surface area contributed by atoms with Crippen molar-refractivity contribution in [3.63, 3.8) is 0 Å². The van der Waals surface area contributed by atoms with Crippen LogP contribution in [0.2, 0.25) is 0 Å². The van der Waals surface area contributed by atoms with Crippen molar-refractivity contribution in [2.75, 3.05) is 13.1 Å². The van der Waals surface area contributed by atoms with E-state index in [1.165, 1.54) is 38.6 Å². The monoisotopic (exact) mass is 268 g/mol. The van der Waals surface area contributed by atoms with Gasteiger partial charge in [-0.1, -0.05) is 19.8 Å². The summed E-state index contributed by atoms with van der Waals surface area (Å²) in [5.41, 5.74) is 6.45. The molecule has 2 heterocycles. The first-order chi connectivity index (χ1) is 9.11. The maximum atomic E-state index is 6.26. The standard InChI is InChI=1S/C16H32N2O/c1-4-15-8-6-5-7-9-18(15)16(12-17)10-13(2)19-14(3)11-16/h13-15H,4-12,17H2,1-3H3. The maximum absolute atomic E-state index is 6.26. The normalized spacial score (nSPS) is 42.0. The highest BCUT2D eigenvalue weighted by Gasteiger charge is 2.44. The van der Waals surface area contributed by atoms with E-state index in [-0.39, 0.29) is 5.54 Å². The SMILES string of the molecule is CCC1CCCCCN1C1(CN)CC(C)OC(C)C1. The molecule has 3 unspecified atom stereocenters. The average Bonchev–Trinajstić information content (AvgIpc) is 2.62. The Hall–Kier alpha value is -0.120. The van der Waals surface area contributed by atoms with Crippen LogP contribution in [0, 0.1) is 0 Å². The summed E-state index contributed by atoms with van der Waals surface area (Å²) in [4.78, 5) is 2.77. The minimum Gasteiger partial charge on any atom is -0.375 e. The number of likely N-dealkylation sites (tertiary alicyclic amines) is 1. The first kappa shape index (κ1) is 15.3. The smallest absolute Gasteiger partial charge is 0.0568 e. The molecule has 2 rings (SSSR count). The zero-order valence-corrected chi connectivity index (χ0v) is 13.0. The molecule has 2 aliphatic heterocycles. The first-order valence-electron chi connectivity index (χ1n) is 8.23. The summed E-state index contributed by atoms with van der Waals surface area (Å²) in [5.74, 6) is 0. The van der Waals surface area contributed by atoms with E-state index in [4.69, 9.17) is 10.5 Å². The Morgan fingerprint density at radius 2 is 1.84 bits per heavy atom. The van der Waals surface area contributed by atoms with Gasteiger partial charge in [0, 0.05) is 18.1 Å². The van der Waals surface area contributed by atoms with E-state index in [2.05, 4.69) is 25.7 Å². The van der Waals surface area contributed by atoms with Crippen molar-refractivity contribution in [1.82, 2.24) is 4.90 Å². The van der Waals surface area contributed by atoms with Gasteiger partial charge in [0.1, 0.15) is 0 Å². The molecule has 0 radical (unpaired) electrons. The summed E-state index contributed by atoms with van der Waals surface area (Å²) >= 11 is 0. The molecule has 2 N–H and O–H groups in total. The molecular formula is C16H32N2O. The van der Waals surface area contributed by atoms with Crippen LogP contribution < -0.4 is 5.73 Å². The second-order valence-electron chi connectivity index (χ2n) is 6.70. The van der Waals surface area contributed by atoms with Crippen molar-refractivity contribution >= 4 is 0 Å². The summed E-state index contributed by atoms with van der Waals surface area (Å²) in [5, 5.41) is 0. The first-order valence-corrected chi connectivity index (χ1v) is 8.23. The predicted octanol–water partition coefficient (Wildman–Crippen LogP) is 2.93. The molecular weight excluding hydrogens is 236 g/mol. The molecule has 0 aromatic carbocycles. The fourth-order valence-electron chi connectivity index (χ4n) is 4.39. The summed E-state index contributed by atoms with van der Waals surface area (Å²) in [6.45, 7) is 8.76. The Labute approximate surface area is 118 Å². The van der Waals surface area contributed by atoms with E-state index >= 15 is 0 Å². The molecule has 0 aromatic rings. The van der Waals surface area contributed by atoms with Crippen molar-refractivity contribution in [3.05, 3.63) is 0 Å². The van der Waals surface area contributed by atoms with Gasteiger partial charge in [-0.05, 0) is 52.5 Å². The van der Waals surface area contributed by atoms with E-state index in [9.17, 15) is 0 Å².